The summed E-state index contributed by atoms with van der Waals surface area (Å²) >= 11 is 0. The Labute approximate surface area is 106 Å². The first-order valence-electron chi connectivity index (χ1n) is 5.84. The van der Waals surface area contributed by atoms with Crippen molar-refractivity contribution in [2.45, 2.75) is 13.8 Å². The molecule has 18 heavy (non-hydrogen) atoms. The van der Waals surface area contributed by atoms with Gasteiger partial charge in [0.15, 0.2) is 0 Å². The zero-order chi connectivity index (χ0) is 13.4. The van der Waals surface area contributed by atoms with E-state index in [2.05, 4.69) is 5.32 Å². The van der Waals surface area contributed by atoms with E-state index in [-0.39, 0.29) is 12.5 Å². The minimum atomic E-state index is -0.447. The Hall–Kier alpha value is -2.04. The van der Waals surface area contributed by atoms with Crippen molar-refractivity contribution >= 4 is 11.9 Å². The van der Waals surface area contributed by atoms with E-state index in [4.69, 9.17) is 9.47 Å². The fraction of sp³-hybridized carbons (Fsp3) is 0.385. The van der Waals surface area contributed by atoms with Crippen molar-refractivity contribution in [3.63, 3.8) is 0 Å². The van der Waals surface area contributed by atoms with Crippen LogP contribution < -0.4 is 10.1 Å². The van der Waals surface area contributed by atoms with Crippen molar-refractivity contribution in [1.29, 1.82) is 0 Å². The van der Waals surface area contributed by atoms with Gasteiger partial charge in [0, 0.05) is 5.56 Å². The van der Waals surface area contributed by atoms with E-state index in [0.29, 0.717) is 24.5 Å². The summed E-state index contributed by atoms with van der Waals surface area (Å²) in [4.78, 5) is 22.7. The molecule has 0 aliphatic rings. The lowest BCUT2D eigenvalue weighted by molar-refractivity contribution is -0.141. The van der Waals surface area contributed by atoms with Crippen LogP contribution in [0.4, 0.5) is 0 Å². The van der Waals surface area contributed by atoms with Crippen molar-refractivity contribution in [3.05, 3.63) is 29.8 Å². The van der Waals surface area contributed by atoms with Crippen molar-refractivity contribution in [2.75, 3.05) is 19.8 Å². The monoisotopic (exact) mass is 251 g/mol. The molecular formula is C13H17NO4. The summed E-state index contributed by atoms with van der Waals surface area (Å²) in [6.45, 7) is 4.36. The Bertz CT molecular complexity index is 400. The molecule has 0 bridgehead atoms. The minimum Gasteiger partial charge on any atom is -0.494 e. The molecule has 0 spiro atoms. The first-order valence-corrected chi connectivity index (χ1v) is 5.84. The van der Waals surface area contributed by atoms with Crippen LogP contribution in [0.3, 0.4) is 0 Å². The topological polar surface area (TPSA) is 64.6 Å². The van der Waals surface area contributed by atoms with E-state index < -0.39 is 5.97 Å². The third-order valence-electron chi connectivity index (χ3n) is 2.13. The Kier molecular flexibility index (Phi) is 5.70. The Morgan fingerprint density at radius 2 is 1.78 bits per heavy atom. The highest BCUT2D eigenvalue weighted by atomic mass is 16.5. The van der Waals surface area contributed by atoms with Crippen molar-refractivity contribution < 1.29 is 19.1 Å². The van der Waals surface area contributed by atoms with E-state index >= 15 is 0 Å². The molecule has 0 saturated heterocycles. The van der Waals surface area contributed by atoms with Crippen LogP contribution in [0, 0.1) is 0 Å². The highest BCUT2D eigenvalue weighted by Crippen LogP contribution is 2.11. The van der Waals surface area contributed by atoms with Crippen LogP contribution in [-0.4, -0.2) is 31.6 Å². The predicted molar refractivity (Wildman–Crippen MR) is 66.6 cm³/mol. The van der Waals surface area contributed by atoms with Gasteiger partial charge in [-0.3, -0.25) is 9.59 Å². The molecule has 1 aromatic rings. The Balaban J connectivity index is 2.48. The molecule has 1 rings (SSSR count). The summed E-state index contributed by atoms with van der Waals surface area (Å²) in [5.41, 5.74) is 0.475. The average molecular weight is 251 g/mol. The average Bonchev–Trinajstić information content (AvgIpc) is 2.37. The number of esters is 1. The zero-order valence-corrected chi connectivity index (χ0v) is 10.6. The smallest absolute Gasteiger partial charge is 0.325 e. The molecule has 0 aliphatic heterocycles. The quantitative estimate of drug-likeness (QED) is 0.776. The molecule has 0 aliphatic carbocycles. The molecule has 0 atom stereocenters. The van der Waals surface area contributed by atoms with E-state index in [0.717, 1.165) is 0 Å². The van der Waals surface area contributed by atoms with Crippen molar-refractivity contribution in [2.24, 2.45) is 0 Å². The SMILES string of the molecule is CCOC(=O)CNC(=O)c1ccc(OCC)cc1. The van der Waals surface area contributed by atoms with Gasteiger partial charge < -0.3 is 14.8 Å². The van der Waals surface area contributed by atoms with Crippen LogP contribution in [0.25, 0.3) is 0 Å². The first kappa shape index (κ1) is 14.0. The van der Waals surface area contributed by atoms with Crippen LogP contribution in [-0.2, 0) is 9.53 Å². The van der Waals surface area contributed by atoms with E-state index in [1.54, 1.807) is 31.2 Å². The van der Waals surface area contributed by atoms with Crippen LogP contribution in [0.2, 0.25) is 0 Å². The van der Waals surface area contributed by atoms with Gasteiger partial charge in [-0.1, -0.05) is 0 Å². The number of hydrogen-bond donors (Lipinski definition) is 1. The van der Waals surface area contributed by atoms with Crippen LogP contribution >= 0.6 is 0 Å². The maximum atomic E-state index is 11.7. The van der Waals surface area contributed by atoms with E-state index in [1.165, 1.54) is 0 Å². The molecule has 5 heteroatoms. The normalized spacial score (nSPS) is 9.67. The molecule has 0 fully saturated rings. The van der Waals surface area contributed by atoms with Gasteiger partial charge in [0.1, 0.15) is 12.3 Å². The van der Waals surface area contributed by atoms with Crippen LogP contribution in [0.1, 0.15) is 24.2 Å². The molecule has 1 N–H and O–H groups in total. The summed E-state index contributed by atoms with van der Waals surface area (Å²) in [5.74, 6) is -0.0534. The van der Waals surface area contributed by atoms with Crippen LogP contribution in [0.15, 0.2) is 24.3 Å². The van der Waals surface area contributed by atoms with E-state index in [9.17, 15) is 9.59 Å². The molecular weight excluding hydrogens is 234 g/mol. The molecule has 0 radical (unpaired) electrons. The lowest BCUT2D eigenvalue weighted by atomic mass is 10.2. The summed E-state index contributed by atoms with van der Waals surface area (Å²) < 4.78 is 9.97. The number of ether oxygens (including phenoxy) is 2. The summed E-state index contributed by atoms with van der Waals surface area (Å²) in [5, 5.41) is 2.48. The molecule has 98 valence electrons. The number of carbonyl (C=O) groups excluding carboxylic acids is 2. The van der Waals surface area contributed by atoms with E-state index in [1.807, 2.05) is 6.92 Å². The molecule has 1 amide bonds. The standard InChI is InChI=1S/C13H17NO4/c1-3-17-11-7-5-10(6-8-11)13(16)14-9-12(15)18-4-2/h5-8H,3-4,9H2,1-2H3,(H,14,16). The third-order valence-corrected chi connectivity index (χ3v) is 2.13. The number of hydrogen-bond acceptors (Lipinski definition) is 4. The van der Waals surface area contributed by atoms with Gasteiger partial charge in [-0.05, 0) is 38.1 Å². The van der Waals surface area contributed by atoms with Gasteiger partial charge in [0.25, 0.3) is 5.91 Å². The number of carbonyl (C=O) groups is 2. The van der Waals surface area contributed by atoms with Gasteiger partial charge in [0.05, 0.1) is 13.2 Å². The van der Waals surface area contributed by atoms with Gasteiger partial charge in [-0.2, -0.15) is 0 Å². The molecule has 5 nitrogen and oxygen atoms in total. The van der Waals surface area contributed by atoms with Gasteiger partial charge in [0.2, 0.25) is 0 Å². The molecule has 1 aromatic carbocycles. The van der Waals surface area contributed by atoms with Gasteiger partial charge in [-0.15, -0.1) is 0 Å². The Morgan fingerprint density at radius 3 is 2.33 bits per heavy atom. The third kappa shape index (κ3) is 4.45. The lowest BCUT2D eigenvalue weighted by Crippen LogP contribution is -2.30. The predicted octanol–water partition coefficient (Wildman–Crippen LogP) is 1.38. The molecule has 0 saturated carbocycles. The van der Waals surface area contributed by atoms with Gasteiger partial charge in [-0.25, -0.2) is 0 Å². The second-order valence-electron chi connectivity index (χ2n) is 3.45. The second kappa shape index (κ2) is 7.32. The second-order valence-corrected chi connectivity index (χ2v) is 3.45. The van der Waals surface area contributed by atoms with Crippen molar-refractivity contribution in [1.82, 2.24) is 5.32 Å². The van der Waals surface area contributed by atoms with Crippen molar-refractivity contribution in [3.8, 4) is 5.75 Å². The molecule has 0 unspecified atom stereocenters. The van der Waals surface area contributed by atoms with Gasteiger partial charge >= 0.3 is 5.97 Å². The highest BCUT2D eigenvalue weighted by Gasteiger charge is 2.08. The first-order chi connectivity index (χ1) is 8.67. The number of nitrogens with one attached hydrogen (secondary N) is 1. The summed E-state index contributed by atoms with van der Waals surface area (Å²) in [6, 6.07) is 6.71. The minimum absolute atomic E-state index is 0.125. The largest absolute Gasteiger partial charge is 0.494 e. The molecule has 0 heterocycles. The fourth-order valence-corrected chi connectivity index (χ4v) is 1.34. The number of rotatable bonds is 6. The summed E-state index contributed by atoms with van der Waals surface area (Å²) in [7, 11) is 0. The van der Waals surface area contributed by atoms with Crippen LogP contribution in [0.5, 0.6) is 5.75 Å². The molecule has 0 aromatic heterocycles. The Morgan fingerprint density at radius 1 is 1.11 bits per heavy atom. The zero-order valence-electron chi connectivity index (χ0n) is 10.6. The summed E-state index contributed by atoms with van der Waals surface area (Å²) in [6.07, 6.45) is 0. The number of benzene rings is 1. The highest BCUT2D eigenvalue weighted by molar-refractivity contribution is 5.95. The maximum Gasteiger partial charge on any atom is 0.325 e. The fourth-order valence-electron chi connectivity index (χ4n) is 1.34. The lowest BCUT2D eigenvalue weighted by Gasteiger charge is -2.06. The number of amides is 1. The maximum absolute atomic E-state index is 11.7.